The van der Waals surface area contributed by atoms with Crippen LogP contribution in [0, 0.1) is 16.7 Å². The SMILES string of the molecule is CC1(C)[C@@H]2CC[C@@]1(C(=O)O[C@@H]1[C@@H](OCc3ccccc3)[C@H](OCc3ccccc3)[C@@H](OCc3ccccc3)[C@H](O)[C@@H]1OCc1ccccc1)C(=O)C2. The number of Topliss-reactive ketones (excluding diaryl/α,β-unsaturated/α-hetero) is 1. The van der Waals surface area contributed by atoms with Gasteiger partial charge in [0, 0.05) is 6.42 Å². The van der Waals surface area contributed by atoms with Crippen molar-refractivity contribution in [2.24, 2.45) is 16.7 Å². The van der Waals surface area contributed by atoms with Gasteiger partial charge in [-0.1, -0.05) is 135 Å². The Kier molecular flexibility index (Phi) is 11.0. The van der Waals surface area contributed by atoms with Crippen molar-refractivity contribution in [1.29, 1.82) is 0 Å². The molecule has 0 amide bonds. The summed E-state index contributed by atoms with van der Waals surface area (Å²) in [5.74, 6) is -0.566. The van der Waals surface area contributed by atoms with Crippen LogP contribution in [0.25, 0.3) is 0 Å². The fourth-order valence-electron chi connectivity index (χ4n) is 8.48. The highest BCUT2D eigenvalue weighted by atomic mass is 16.6. The van der Waals surface area contributed by atoms with E-state index in [1.54, 1.807) is 0 Å². The topological polar surface area (TPSA) is 101 Å². The molecule has 52 heavy (non-hydrogen) atoms. The van der Waals surface area contributed by atoms with Crippen molar-refractivity contribution >= 4 is 11.8 Å². The molecule has 3 aliphatic carbocycles. The van der Waals surface area contributed by atoms with Crippen LogP contribution in [0.5, 0.6) is 0 Å². The molecule has 4 aromatic rings. The average Bonchev–Trinajstić information content (AvgIpc) is 3.54. The van der Waals surface area contributed by atoms with Crippen molar-refractivity contribution in [2.75, 3.05) is 0 Å². The van der Waals surface area contributed by atoms with E-state index >= 15 is 0 Å². The van der Waals surface area contributed by atoms with E-state index in [1.165, 1.54) is 0 Å². The van der Waals surface area contributed by atoms with Gasteiger partial charge < -0.3 is 28.8 Å². The number of hydrogen-bond donors (Lipinski definition) is 1. The van der Waals surface area contributed by atoms with Gasteiger partial charge in [0.05, 0.1) is 26.4 Å². The summed E-state index contributed by atoms with van der Waals surface area (Å²) >= 11 is 0. The van der Waals surface area contributed by atoms with Crippen LogP contribution >= 0.6 is 0 Å². The minimum Gasteiger partial charge on any atom is -0.456 e. The average molecular weight is 705 g/mol. The molecule has 8 nitrogen and oxygen atoms in total. The predicted octanol–water partition coefficient (Wildman–Crippen LogP) is 7.01. The molecule has 4 aromatic carbocycles. The van der Waals surface area contributed by atoms with Crippen molar-refractivity contribution < 1.29 is 38.4 Å². The Morgan fingerprint density at radius 3 is 1.33 bits per heavy atom. The van der Waals surface area contributed by atoms with E-state index in [2.05, 4.69) is 0 Å². The summed E-state index contributed by atoms with van der Waals surface area (Å²) < 4.78 is 33.1. The van der Waals surface area contributed by atoms with Gasteiger partial charge in [-0.05, 0) is 46.4 Å². The fourth-order valence-corrected chi connectivity index (χ4v) is 8.48. The molecule has 0 aromatic heterocycles. The summed E-state index contributed by atoms with van der Waals surface area (Å²) in [6.07, 6.45) is -4.69. The number of aliphatic hydroxyl groups is 1. The van der Waals surface area contributed by atoms with E-state index in [1.807, 2.05) is 135 Å². The number of carbonyl (C=O) groups excluding carboxylic acids is 2. The lowest BCUT2D eigenvalue weighted by atomic mass is 9.69. The number of fused-ring (bicyclic) bond motifs is 2. The number of hydrogen-bond acceptors (Lipinski definition) is 8. The monoisotopic (exact) mass is 704 g/mol. The molecule has 2 bridgehead atoms. The molecule has 3 saturated carbocycles. The lowest BCUT2D eigenvalue weighted by Crippen LogP contribution is -2.67. The van der Waals surface area contributed by atoms with Crippen molar-refractivity contribution in [3.63, 3.8) is 0 Å². The van der Waals surface area contributed by atoms with Crippen molar-refractivity contribution in [3.05, 3.63) is 144 Å². The van der Waals surface area contributed by atoms with Gasteiger partial charge in [0.2, 0.25) is 0 Å². The van der Waals surface area contributed by atoms with Gasteiger partial charge in [0.1, 0.15) is 35.9 Å². The molecule has 272 valence electrons. The lowest BCUT2D eigenvalue weighted by Gasteiger charge is -2.48. The largest absolute Gasteiger partial charge is 0.456 e. The maximum absolute atomic E-state index is 14.6. The van der Waals surface area contributed by atoms with Crippen molar-refractivity contribution in [2.45, 2.75) is 96.2 Å². The number of aliphatic hydroxyl groups excluding tert-OH is 1. The smallest absolute Gasteiger partial charge is 0.320 e. The van der Waals surface area contributed by atoms with E-state index in [-0.39, 0.29) is 38.1 Å². The van der Waals surface area contributed by atoms with Crippen LogP contribution < -0.4 is 0 Å². The molecule has 0 heterocycles. The molecule has 1 N–H and O–H groups in total. The third-order valence-electron chi connectivity index (χ3n) is 11.6. The maximum Gasteiger partial charge on any atom is 0.320 e. The summed E-state index contributed by atoms with van der Waals surface area (Å²) in [6.45, 7) is 4.71. The standard InChI is InChI=1S/C44H48O8/c1-43(2)34-23-24-44(43,35(45)25-34)42(47)52-41-38(49-27-31-17-9-4-10-18-31)36(46)37(48-26-30-15-7-3-8-16-30)39(50-28-32-19-11-5-12-20-32)40(41)51-29-33-21-13-6-14-22-33/h3-22,34,36-41,46H,23-29H2,1-2H3/t34-,36+,37+,38+,39-,40+,41+,44+/m1/s1. The summed E-state index contributed by atoms with van der Waals surface area (Å²) in [7, 11) is 0. The van der Waals surface area contributed by atoms with Crippen LogP contribution in [0.1, 0.15) is 55.4 Å². The third kappa shape index (κ3) is 7.23. The maximum atomic E-state index is 14.6. The van der Waals surface area contributed by atoms with Crippen molar-refractivity contribution in [1.82, 2.24) is 0 Å². The first-order valence-corrected chi connectivity index (χ1v) is 18.3. The number of rotatable bonds is 14. The second-order valence-electron chi connectivity index (χ2n) is 14.9. The minimum atomic E-state index is -1.29. The van der Waals surface area contributed by atoms with Gasteiger partial charge in [0.25, 0.3) is 0 Å². The Labute approximate surface area is 306 Å². The number of carbonyl (C=O) groups is 2. The van der Waals surface area contributed by atoms with Gasteiger partial charge >= 0.3 is 5.97 Å². The summed E-state index contributed by atoms with van der Waals surface area (Å²) in [6, 6.07) is 38.8. The van der Waals surface area contributed by atoms with Gasteiger partial charge in [-0.3, -0.25) is 9.59 Å². The van der Waals surface area contributed by atoms with Gasteiger partial charge in [0.15, 0.2) is 11.9 Å². The Bertz CT molecular complexity index is 1770. The quantitative estimate of drug-likeness (QED) is 0.111. The van der Waals surface area contributed by atoms with E-state index in [4.69, 9.17) is 23.7 Å². The molecule has 0 saturated heterocycles. The highest BCUT2D eigenvalue weighted by Crippen LogP contribution is 2.64. The Hall–Kier alpha value is -4.18. The highest BCUT2D eigenvalue weighted by molar-refractivity contribution is 6.07. The first-order chi connectivity index (χ1) is 25.3. The fraction of sp³-hybridized carbons (Fsp3) is 0.409. The van der Waals surface area contributed by atoms with Crippen LogP contribution in [0.4, 0.5) is 0 Å². The van der Waals surface area contributed by atoms with Crippen LogP contribution in [0.2, 0.25) is 0 Å². The molecule has 3 aliphatic rings. The Balaban J connectivity index is 1.28. The molecule has 0 spiro atoms. The van der Waals surface area contributed by atoms with E-state index in [0.717, 1.165) is 28.7 Å². The van der Waals surface area contributed by atoms with E-state index < -0.39 is 53.4 Å². The number of benzene rings is 4. The molecule has 0 unspecified atom stereocenters. The molecule has 8 heteroatoms. The van der Waals surface area contributed by atoms with E-state index in [0.29, 0.717) is 12.8 Å². The van der Waals surface area contributed by atoms with Crippen LogP contribution in [-0.2, 0) is 59.7 Å². The molecule has 8 atom stereocenters. The summed E-state index contributed by atoms with van der Waals surface area (Å²) in [5, 5.41) is 12.3. The Morgan fingerprint density at radius 1 is 0.596 bits per heavy atom. The van der Waals surface area contributed by atoms with Gasteiger partial charge in [-0.15, -0.1) is 0 Å². The van der Waals surface area contributed by atoms with Crippen LogP contribution in [-0.4, -0.2) is 53.5 Å². The summed E-state index contributed by atoms with van der Waals surface area (Å²) in [4.78, 5) is 28.3. The zero-order valence-electron chi connectivity index (χ0n) is 29.8. The molecule has 7 rings (SSSR count). The molecular weight excluding hydrogens is 656 g/mol. The minimum absolute atomic E-state index is 0.0837. The highest BCUT2D eigenvalue weighted by Gasteiger charge is 2.70. The van der Waals surface area contributed by atoms with Gasteiger partial charge in [-0.2, -0.15) is 0 Å². The zero-order chi connectivity index (χ0) is 36.1. The second kappa shape index (κ2) is 15.8. The van der Waals surface area contributed by atoms with E-state index in [9.17, 15) is 14.7 Å². The molecule has 0 aliphatic heterocycles. The number of ether oxygens (including phenoxy) is 5. The Morgan fingerprint density at radius 2 is 0.962 bits per heavy atom. The van der Waals surface area contributed by atoms with Crippen molar-refractivity contribution in [3.8, 4) is 0 Å². The molecular formula is C44H48O8. The zero-order valence-corrected chi connectivity index (χ0v) is 29.8. The first-order valence-electron chi connectivity index (χ1n) is 18.3. The second-order valence-corrected chi connectivity index (χ2v) is 14.9. The lowest BCUT2D eigenvalue weighted by molar-refractivity contribution is -0.279. The third-order valence-corrected chi connectivity index (χ3v) is 11.6. The first kappa shape index (κ1) is 36.2. The van der Waals surface area contributed by atoms with Gasteiger partial charge in [-0.25, -0.2) is 0 Å². The van der Waals surface area contributed by atoms with Crippen LogP contribution in [0.3, 0.4) is 0 Å². The molecule has 3 fully saturated rings. The van der Waals surface area contributed by atoms with Crippen LogP contribution in [0.15, 0.2) is 121 Å². The normalized spacial score (nSPS) is 29.2. The molecule has 0 radical (unpaired) electrons. The summed E-state index contributed by atoms with van der Waals surface area (Å²) in [5.41, 5.74) is 1.79. The predicted molar refractivity (Wildman–Crippen MR) is 195 cm³/mol. The number of esters is 1. The number of ketones is 1.